The molecule has 6 nitrogen and oxygen atoms in total. The third-order valence-corrected chi connectivity index (χ3v) is 4.60. The molecule has 2 aromatic heterocycles. The molecule has 2 heterocycles. The molecule has 0 radical (unpaired) electrons. The summed E-state index contributed by atoms with van der Waals surface area (Å²) in [5, 5.41) is 2.47. The monoisotopic (exact) mass is 423 g/mol. The predicted octanol–water partition coefficient (Wildman–Crippen LogP) is 4.17. The van der Waals surface area contributed by atoms with Crippen molar-refractivity contribution in [3.05, 3.63) is 60.2 Å². The minimum Gasteiger partial charge on any atom is -0.497 e. The molecule has 3 aromatic rings. The highest BCUT2D eigenvalue weighted by Crippen LogP contribution is 2.32. The van der Waals surface area contributed by atoms with Gasteiger partial charge in [0.1, 0.15) is 17.2 Å². The molecule has 29 heavy (non-hydrogen) atoms. The zero-order valence-corrected chi connectivity index (χ0v) is 16.0. The van der Waals surface area contributed by atoms with Crippen LogP contribution in [0.5, 0.6) is 5.75 Å². The Bertz CT molecular complexity index is 961. The topological polar surface area (TPSA) is 77.2 Å². The van der Waals surface area contributed by atoms with Crippen molar-refractivity contribution < 1.29 is 27.1 Å². The van der Waals surface area contributed by atoms with Gasteiger partial charge in [-0.15, -0.1) is 0 Å². The van der Waals surface area contributed by atoms with Crippen LogP contribution in [0.1, 0.15) is 11.5 Å². The average Bonchev–Trinajstić information content (AvgIpc) is 3.23. The van der Waals surface area contributed by atoms with Crippen LogP contribution in [-0.2, 0) is 17.5 Å². The number of alkyl halides is 3. The van der Waals surface area contributed by atoms with Crippen LogP contribution in [0.4, 0.5) is 13.2 Å². The van der Waals surface area contributed by atoms with E-state index in [1.54, 1.807) is 36.4 Å². The van der Waals surface area contributed by atoms with Gasteiger partial charge in [-0.25, -0.2) is 9.97 Å². The molecule has 0 spiro atoms. The van der Waals surface area contributed by atoms with E-state index in [-0.39, 0.29) is 29.1 Å². The number of halogens is 3. The van der Waals surface area contributed by atoms with E-state index in [0.717, 1.165) is 17.8 Å². The molecule has 0 aliphatic rings. The van der Waals surface area contributed by atoms with E-state index in [4.69, 9.17) is 9.15 Å². The van der Waals surface area contributed by atoms with Crippen molar-refractivity contribution in [1.29, 1.82) is 0 Å². The fraction of sp³-hybridized carbons (Fsp3) is 0.211. The molecule has 0 fully saturated rings. The van der Waals surface area contributed by atoms with E-state index in [2.05, 4.69) is 15.3 Å². The number of hydrogen-bond donors (Lipinski definition) is 1. The number of carbonyl (C=O) groups excluding carboxylic acids is 1. The van der Waals surface area contributed by atoms with Gasteiger partial charge < -0.3 is 14.5 Å². The molecular formula is C19H16F3N3O3S. The standard InChI is InChI=1S/C19H16F3N3O3S/c1-27-13-6-4-12(5-7-13)15-9-16(19(20,21)22)25-18(24-15)29-11-17(26)23-10-14-3-2-8-28-14/h2-9H,10-11H2,1H3,(H,23,26). The molecule has 0 atom stereocenters. The van der Waals surface area contributed by atoms with E-state index in [9.17, 15) is 18.0 Å². The number of ether oxygens (including phenoxy) is 1. The first-order valence-corrected chi connectivity index (χ1v) is 9.36. The second kappa shape index (κ2) is 8.99. The normalized spacial score (nSPS) is 11.3. The molecule has 0 aliphatic heterocycles. The van der Waals surface area contributed by atoms with Crippen molar-refractivity contribution in [3.63, 3.8) is 0 Å². The number of carbonyl (C=O) groups is 1. The number of nitrogens with one attached hydrogen (secondary N) is 1. The van der Waals surface area contributed by atoms with E-state index in [1.807, 2.05) is 0 Å². The number of rotatable bonds is 7. The number of nitrogens with zero attached hydrogens (tertiary/aromatic N) is 2. The maximum atomic E-state index is 13.2. The molecule has 3 rings (SSSR count). The molecule has 0 unspecified atom stereocenters. The Labute approximate surface area is 168 Å². The lowest BCUT2D eigenvalue weighted by Gasteiger charge is -2.11. The zero-order chi connectivity index (χ0) is 20.9. The fourth-order valence-electron chi connectivity index (χ4n) is 2.32. The quantitative estimate of drug-likeness (QED) is 0.454. The van der Waals surface area contributed by atoms with Crippen LogP contribution >= 0.6 is 11.8 Å². The summed E-state index contributed by atoms with van der Waals surface area (Å²) in [4.78, 5) is 19.7. The van der Waals surface area contributed by atoms with Crippen molar-refractivity contribution in [2.75, 3.05) is 12.9 Å². The number of furan rings is 1. The minimum absolute atomic E-state index is 0.105. The van der Waals surface area contributed by atoms with Crippen molar-refractivity contribution in [2.24, 2.45) is 0 Å². The Kier molecular flexibility index (Phi) is 6.42. The van der Waals surface area contributed by atoms with Gasteiger partial charge in [0.2, 0.25) is 5.91 Å². The second-order valence-electron chi connectivity index (χ2n) is 5.79. The summed E-state index contributed by atoms with van der Waals surface area (Å²) in [5.41, 5.74) is -0.492. The Hall–Kier alpha value is -3.01. The Morgan fingerprint density at radius 1 is 1.21 bits per heavy atom. The third-order valence-electron chi connectivity index (χ3n) is 3.75. The number of thioether (sulfide) groups is 1. The number of hydrogen-bond acceptors (Lipinski definition) is 6. The van der Waals surface area contributed by atoms with Crippen LogP contribution in [0, 0.1) is 0 Å². The summed E-state index contributed by atoms with van der Waals surface area (Å²) < 4.78 is 49.9. The Morgan fingerprint density at radius 2 is 1.97 bits per heavy atom. The lowest BCUT2D eigenvalue weighted by Crippen LogP contribution is -2.24. The smallest absolute Gasteiger partial charge is 0.433 e. The summed E-state index contributed by atoms with van der Waals surface area (Å²) in [6.07, 6.45) is -3.16. The van der Waals surface area contributed by atoms with Crippen LogP contribution in [0.2, 0.25) is 0 Å². The van der Waals surface area contributed by atoms with Gasteiger partial charge in [0.25, 0.3) is 0 Å². The lowest BCUT2D eigenvalue weighted by molar-refractivity contribution is -0.141. The second-order valence-corrected chi connectivity index (χ2v) is 6.73. The maximum Gasteiger partial charge on any atom is 0.433 e. The molecule has 1 N–H and O–H groups in total. The lowest BCUT2D eigenvalue weighted by atomic mass is 10.1. The summed E-state index contributed by atoms with van der Waals surface area (Å²) in [7, 11) is 1.49. The number of methoxy groups -OCH3 is 1. The highest BCUT2D eigenvalue weighted by molar-refractivity contribution is 7.99. The van der Waals surface area contributed by atoms with E-state index in [1.165, 1.54) is 13.4 Å². The van der Waals surface area contributed by atoms with Gasteiger partial charge in [0.15, 0.2) is 5.16 Å². The van der Waals surface area contributed by atoms with Gasteiger partial charge in [-0.3, -0.25) is 4.79 Å². The van der Waals surface area contributed by atoms with Crippen molar-refractivity contribution in [2.45, 2.75) is 17.9 Å². The van der Waals surface area contributed by atoms with Crippen LogP contribution in [0.25, 0.3) is 11.3 Å². The largest absolute Gasteiger partial charge is 0.497 e. The van der Waals surface area contributed by atoms with Gasteiger partial charge in [-0.05, 0) is 42.5 Å². The zero-order valence-electron chi connectivity index (χ0n) is 15.2. The first-order valence-electron chi connectivity index (χ1n) is 8.38. The SMILES string of the molecule is COc1ccc(-c2cc(C(F)(F)F)nc(SCC(=O)NCc3ccco3)n2)cc1. The molecule has 10 heteroatoms. The van der Waals surface area contributed by atoms with E-state index < -0.39 is 11.9 Å². The molecule has 1 aromatic carbocycles. The highest BCUT2D eigenvalue weighted by Gasteiger charge is 2.34. The molecule has 0 saturated carbocycles. The molecule has 152 valence electrons. The summed E-state index contributed by atoms with van der Waals surface area (Å²) in [6, 6.07) is 10.7. The average molecular weight is 423 g/mol. The third kappa shape index (κ3) is 5.74. The van der Waals surface area contributed by atoms with Crippen molar-refractivity contribution >= 4 is 17.7 Å². The Morgan fingerprint density at radius 3 is 2.59 bits per heavy atom. The van der Waals surface area contributed by atoms with Crippen LogP contribution in [-0.4, -0.2) is 28.7 Å². The van der Waals surface area contributed by atoms with Crippen LogP contribution in [0.15, 0.2) is 58.3 Å². The first kappa shape index (κ1) is 20.7. The van der Waals surface area contributed by atoms with Gasteiger partial charge in [-0.2, -0.15) is 13.2 Å². The van der Waals surface area contributed by atoms with Crippen molar-refractivity contribution in [3.8, 4) is 17.0 Å². The van der Waals surface area contributed by atoms with E-state index >= 15 is 0 Å². The Balaban J connectivity index is 1.75. The van der Waals surface area contributed by atoms with Crippen LogP contribution < -0.4 is 10.1 Å². The van der Waals surface area contributed by atoms with Gasteiger partial charge >= 0.3 is 6.18 Å². The number of aromatic nitrogens is 2. The predicted molar refractivity (Wildman–Crippen MR) is 100 cm³/mol. The number of benzene rings is 1. The minimum atomic E-state index is -4.64. The first-order chi connectivity index (χ1) is 13.8. The van der Waals surface area contributed by atoms with E-state index in [0.29, 0.717) is 17.1 Å². The summed E-state index contributed by atoms with van der Waals surface area (Å²) in [5.74, 6) is 0.630. The van der Waals surface area contributed by atoms with Crippen molar-refractivity contribution in [1.82, 2.24) is 15.3 Å². The number of amides is 1. The van der Waals surface area contributed by atoms with Gasteiger partial charge in [0.05, 0.1) is 31.4 Å². The molecular weight excluding hydrogens is 407 g/mol. The highest BCUT2D eigenvalue weighted by atomic mass is 32.2. The molecule has 1 amide bonds. The molecule has 0 bridgehead atoms. The van der Waals surface area contributed by atoms with Gasteiger partial charge in [0, 0.05) is 5.56 Å². The summed E-state index contributed by atoms with van der Waals surface area (Å²) >= 11 is 0.823. The molecule has 0 saturated heterocycles. The van der Waals surface area contributed by atoms with Gasteiger partial charge in [-0.1, -0.05) is 11.8 Å². The molecule has 0 aliphatic carbocycles. The summed E-state index contributed by atoms with van der Waals surface area (Å²) in [6.45, 7) is 0.187. The fourth-order valence-corrected chi connectivity index (χ4v) is 3.01. The maximum absolute atomic E-state index is 13.2. The van der Waals surface area contributed by atoms with Crippen LogP contribution in [0.3, 0.4) is 0 Å².